The Kier molecular flexibility index (Phi) is 7.09. The van der Waals surface area contributed by atoms with Crippen LogP contribution in [0.5, 0.6) is 5.75 Å². The van der Waals surface area contributed by atoms with Crippen LogP contribution in [-0.4, -0.2) is 33.5 Å². The predicted molar refractivity (Wildman–Crippen MR) is 128 cm³/mol. The van der Waals surface area contributed by atoms with Crippen LogP contribution in [0.1, 0.15) is 5.56 Å². The van der Waals surface area contributed by atoms with Gasteiger partial charge in [-0.05, 0) is 29.8 Å². The number of ether oxygens (including phenoxy) is 1. The number of rotatable bonds is 8. The Labute approximate surface area is 195 Å². The lowest BCUT2D eigenvalue weighted by molar-refractivity contribution is -0.113. The summed E-state index contributed by atoms with van der Waals surface area (Å²) in [6.07, 6.45) is 0. The van der Waals surface area contributed by atoms with E-state index in [-0.39, 0.29) is 11.7 Å². The van der Waals surface area contributed by atoms with E-state index in [1.807, 2.05) is 77.4 Å². The predicted octanol–water partition coefficient (Wildman–Crippen LogP) is 5.39. The molecule has 6 nitrogen and oxygen atoms in total. The topological polar surface area (TPSA) is 69.0 Å². The molecule has 162 valence electrons. The van der Waals surface area contributed by atoms with Crippen LogP contribution < -0.4 is 10.1 Å². The van der Waals surface area contributed by atoms with E-state index in [4.69, 9.17) is 16.3 Å². The maximum Gasteiger partial charge on any atom is 0.234 e. The molecule has 1 N–H and O–H groups in total. The Bertz CT molecular complexity index is 1210. The van der Waals surface area contributed by atoms with Crippen molar-refractivity contribution < 1.29 is 9.53 Å². The maximum absolute atomic E-state index is 12.5. The molecular weight excluding hydrogens is 444 g/mol. The summed E-state index contributed by atoms with van der Waals surface area (Å²) in [5.41, 5.74) is 2.58. The monoisotopic (exact) mass is 464 g/mol. The number of benzene rings is 3. The van der Waals surface area contributed by atoms with Crippen LogP contribution in [-0.2, 0) is 11.3 Å². The van der Waals surface area contributed by atoms with Gasteiger partial charge in [0.25, 0.3) is 0 Å². The van der Waals surface area contributed by atoms with Crippen LogP contribution in [0.25, 0.3) is 11.4 Å². The van der Waals surface area contributed by atoms with Crippen molar-refractivity contribution >= 4 is 35.0 Å². The number of nitrogens with one attached hydrogen (secondary N) is 1. The molecule has 1 amide bonds. The van der Waals surface area contributed by atoms with Gasteiger partial charge in [-0.1, -0.05) is 71.9 Å². The highest BCUT2D eigenvalue weighted by molar-refractivity contribution is 7.99. The number of halogens is 1. The van der Waals surface area contributed by atoms with E-state index in [2.05, 4.69) is 15.5 Å². The smallest absolute Gasteiger partial charge is 0.234 e. The fraction of sp³-hybridized carbons (Fsp3) is 0.125. The van der Waals surface area contributed by atoms with E-state index in [9.17, 15) is 4.79 Å². The van der Waals surface area contributed by atoms with Gasteiger partial charge in [-0.15, -0.1) is 10.2 Å². The molecule has 32 heavy (non-hydrogen) atoms. The van der Waals surface area contributed by atoms with Crippen LogP contribution >= 0.6 is 23.4 Å². The lowest BCUT2D eigenvalue weighted by Crippen LogP contribution is -2.15. The molecule has 0 aliphatic rings. The van der Waals surface area contributed by atoms with Crippen molar-refractivity contribution in [2.24, 2.45) is 0 Å². The molecule has 0 radical (unpaired) electrons. The van der Waals surface area contributed by atoms with Gasteiger partial charge in [-0.3, -0.25) is 9.36 Å². The Hall–Kier alpha value is -3.29. The molecule has 1 heterocycles. The average molecular weight is 465 g/mol. The second-order valence-electron chi connectivity index (χ2n) is 6.93. The van der Waals surface area contributed by atoms with Gasteiger partial charge in [0.2, 0.25) is 5.91 Å². The summed E-state index contributed by atoms with van der Waals surface area (Å²) in [4.78, 5) is 12.5. The number of hydrogen-bond donors (Lipinski definition) is 1. The zero-order valence-electron chi connectivity index (χ0n) is 17.4. The largest absolute Gasteiger partial charge is 0.497 e. The highest BCUT2D eigenvalue weighted by Crippen LogP contribution is 2.30. The third-order valence-corrected chi connectivity index (χ3v) is 6.00. The number of carbonyl (C=O) groups is 1. The molecule has 0 bridgehead atoms. The van der Waals surface area contributed by atoms with Gasteiger partial charge in [-0.2, -0.15) is 0 Å². The SMILES string of the molecule is COc1cccc(NC(=O)CSc2nnc(-c3ccccc3Cl)n2Cc2ccccc2)c1. The van der Waals surface area contributed by atoms with Crippen molar-refractivity contribution in [2.45, 2.75) is 11.7 Å². The average Bonchev–Trinajstić information content (AvgIpc) is 3.21. The number of amides is 1. The normalized spacial score (nSPS) is 10.7. The van der Waals surface area contributed by atoms with Gasteiger partial charge in [0, 0.05) is 17.3 Å². The molecule has 0 unspecified atom stereocenters. The number of aromatic nitrogens is 3. The van der Waals surface area contributed by atoms with Crippen molar-refractivity contribution in [2.75, 3.05) is 18.2 Å². The number of thioether (sulfide) groups is 1. The number of carbonyl (C=O) groups excluding carboxylic acids is 1. The molecular formula is C24H21ClN4O2S. The minimum Gasteiger partial charge on any atom is -0.497 e. The van der Waals surface area contributed by atoms with Gasteiger partial charge in [-0.25, -0.2) is 0 Å². The van der Waals surface area contributed by atoms with E-state index in [0.717, 1.165) is 11.1 Å². The molecule has 0 aliphatic carbocycles. The lowest BCUT2D eigenvalue weighted by atomic mass is 10.2. The summed E-state index contributed by atoms with van der Waals surface area (Å²) in [5, 5.41) is 12.9. The summed E-state index contributed by atoms with van der Waals surface area (Å²) >= 11 is 7.75. The summed E-state index contributed by atoms with van der Waals surface area (Å²) in [7, 11) is 1.59. The zero-order chi connectivity index (χ0) is 22.3. The second-order valence-corrected chi connectivity index (χ2v) is 8.28. The molecule has 0 atom stereocenters. The Morgan fingerprint density at radius 3 is 2.59 bits per heavy atom. The van der Waals surface area contributed by atoms with Gasteiger partial charge in [0.05, 0.1) is 24.4 Å². The first-order valence-electron chi connectivity index (χ1n) is 9.93. The van der Waals surface area contributed by atoms with E-state index >= 15 is 0 Å². The van der Waals surface area contributed by atoms with Crippen LogP contribution in [0.4, 0.5) is 5.69 Å². The first-order chi connectivity index (χ1) is 15.6. The number of anilines is 1. The van der Waals surface area contributed by atoms with E-state index in [1.165, 1.54) is 11.8 Å². The van der Waals surface area contributed by atoms with Crippen molar-refractivity contribution in [3.63, 3.8) is 0 Å². The van der Waals surface area contributed by atoms with Gasteiger partial charge < -0.3 is 10.1 Å². The van der Waals surface area contributed by atoms with Crippen LogP contribution in [0.2, 0.25) is 5.02 Å². The lowest BCUT2D eigenvalue weighted by Gasteiger charge is -2.11. The van der Waals surface area contributed by atoms with Crippen molar-refractivity contribution in [3.8, 4) is 17.1 Å². The third-order valence-electron chi connectivity index (χ3n) is 4.70. The molecule has 1 aromatic heterocycles. The fourth-order valence-electron chi connectivity index (χ4n) is 3.17. The Balaban J connectivity index is 1.55. The maximum atomic E-state index is 12.5. The minimum atomic E-state index is -0.142. The van der Waals surface area contributed by atoms with Crippen molar-refractivity contribution in [1.82, 2.24) is 14.8 Å². The first-order valence-corrected chi connectivity index (χ1v) is 11.3. The van der Waals surface area contributed by atoms with Crippen molar-refractivity contribution in [1.29, 1.82) is 0 Å². The van der Waals surface area contributed by atoms with E-state index < -0.39 is 0 Å². The fourth-order valence-corrected chi connectivity index (χ4v) is 4.13. The molecule has 3 aromatic carbocycles. The Morgan fingerprint density at radius 1 is 1.03 bits per heavy atom. The van der Waals surface area contributed by atoms with Gasteiger partial charge >= 0.3 is 0 Å². The van der Waals surface area contributed by atoms with E-state index in [1.54, 1.807) is 13.2 Å². The zero-order valence-corrected chi connectivity index (χ0v) is 18.9. The number of nitrogens with zero attached hydrogens (tertiary/aromatic N) is 3. The molecule has 0 saturated heterocycles. The summed E-state index contributed by atoms with van der Waals surface area (Å²) < 4.78 is 7.19. The highest BCUT2D eigenvalue weighted by Gasteiger charge is 2.18. The van der Waals surface area contributed by atoms with Gasteiger partial charge in [0.1, 0.15) is 5.75 Å². The summed E-state index contributed by atoms with van der Waals surface area (Å²) in [6.45, 7) is 0.564. The molecule has 0 spiro atoms. The summed E-state index contributed by atoms with van der Waals surface area (Å²) in [6, 6.07) is 24.8. The third kappa shape index (κ3) is 5.30. The van der Waals surface area contributed by atoms with Crippen LogP contribution in [0.15, 0.2) is 84.0 Å². The number of methoxy groups -OCH3 is 1. The van der Waals surface area contributed by atoms with Crippen LogP contribution in [0.3, 0.4) is 0 Å². The molecule has 0 saturated carbocycles. The molecule has 0 aliphatic heterocycles. The molecule has 0 fully saturated rings. The van der Waals surface area contributed by atoms with Gasteiger partial charge in [0.15, 0.2) is 11.0 Å². The molecule has 4 aromatic rings. The van der Waals surface area contributed by atoms with E-state index in [0.29, 0.717) is 34.0 Å². The Morgan fingerprint density at radius 2 is 1.81 bits per heavy atom. The molecule has 4 rings (SSSR count). The van der Waals surface area contributed by atoms with Crippen molar-refractivity contribution in [3.05, 3.63) is 89.4 Å². The first kappa shape index (κ1) is 21.9. The second kappa shape index (κ2) is 10.3. The summed E-state index contributed by atoms with van der Waals surface area (Å²) in [5.74, 6) is 1.39. The standard InChI is InChI=1S/C24H21ClN4O2S/c1-31-19-11-7-10-18(14-19)26-22(30)16-32-24-28-27-23(20-12-5-6-13-21(20)25)29(24)15-17-8-3-2-4-9-17/h2-14H,15-16H2,1H3,(H,26,30). The number of hydrogen-bond acceptors (Lipinski definition) is 5. The molecule has 8 heteroatoms. The minimum absolute atomic E-state index is 0.142. The van der Waals surface area contributed by atoms with Crippen LogP contribution in [0, 0.1) is 0 Å². The highest BCUT2D eigenvalue weighted by atomic mass is 35.5. The quantitative estimate of drug-likeness (QED) is 0.354.